The van der Waals surface area contributed by atoms with E-state index < -0.39 is 5.41 Å². The molecule has 46 heavy (non-hydrogen) atoms. The highest BCUT2D eigenvalue weighted by Gasteiger charge is 2.56. The standard InChI is InChI=1S/C41H29N5/c1-3-13-26(14-4-1)37-43-38(27-15-5-2-6-16-27)45-39(44-37)28-23-24-30-29-17-7-8-18-31(29)41(33(30)25-28)32-19-9-11-21-35(32)46-36-22-12-10-20-34(36)42-40(41)46/h1-10,12-20,22,25H,11,21,23-24H2. The van der Waals surface area contributed by atoms with Crippen molar-refractivity contribution in [2.45, 2.75) is 31.1 Å². The number of fused-ring (bicyclic) bond motifs is 10. The molecule has 1 unspecified atom stereocenters. The monoisotopic (exact) mass is 591 g/mol. The van der Waals surface area contributed by atoms with Crippen LogP contribution >= 0.6 is 0 Å². The molecule has 3 aliphatic carbocycles. The van der Waals surface area contributed by atoms with Gasteiger partial charge in [0, 0.05) is 16.8 Å². The number of hydrogen-bond donors (Lipinski definition) is 0. The number of para-hydroxylation sites is 2. The molecule has 0 saturated heterocycles. The zero-order chi connectivity index (χ0) is 30.2. The molecule has 1 spiro atoms. The first-order chi connectivity index (χ1) is 22.8. The molecule has 0 radical (unpaired) electrons. The van der Waals surface area contributed by atoms with Gasteiger partial charge in [0.15, 0.2) is 17.5 Å². The second-order valence-corrected chi connectivity index (χ2v) is 12.5. The lowest BCUT2D eigenvalue weighted by atomic mass is 9.69. The third-order valence-corrected chi connectivity index (χ3v) is 10.0. The molecule has 0 N–H and O–H groups in total. The van der Waals surface area contributed by atoms with Crippen molar-refractivity contribution < 1.29 is 0 Å². The molecule has 4 aliphatic rings. The molecule has 0 amide bonds. The predicted octanol–water partition coefficient (Wildman–Crippen LogP) is 9.06. The van der Waals surface area contributed by atoms with Gasteiger partial charge in [-0.2, -0.15) is 0 Å². The fraction of sp³-hybridized carbons (Fsp3) is 0.122. The van der Waals surface area contributed by atoms with E-state index in [1.54, 1.807) is 0 Å². The van der Waals surface area contributed by atoms with Crippen LogP contribution in [0.1, 0.15) is 48.5 Å². The molecule has 0 bridgehead atoms. The minimum absolute atomic E-state index is 0.486. The van der Waals surface area contributed by atoms with E-state index in [1.807, 2.05) is 36.4 Å². The molecule has 6 aromatic rings. The Labute approximate surface area is 267 Å². The number of aromatic nitrogens is 5. The number of rotatable bonds is 3. The Morgan fingerprint density at radius 2 is 1.26 bits per heavy atom. The van der Waals surface area contributed by atoms with Crippen LogP contribution in [0.4, 0.5) is 0 Å². The van der Waals surface area contributed by atoms with Crippen molar-refractivity contribution in [2.24, 2.45) is 0 Å². The number of benzene rings is 4. The van der Waals surface area contributed by atoms with Gasteiger partial charge in [0.25, 0.3) is 0 Å². The van der Waals surface area contributed by atoms with Crippen LogP contribution in [0.3, 0.4) is 0 Å². The molecule has 3 heterocycles. The molecule has 2 aromatic heterocycles. The smallest absolute Gasteiger partial charge is 0.164 e. The van der Waals surface area contributed by atoms with E-state index in [9.17, 15) is 0 Å². The second-order valence-electron chi connectivity index (χ2n) is 12.5. The SMILES string of the molecule is C1=CC2=C(CC1)n1c(nc3ccccc31)C21C2=C(CCC(c3nc(-c4ccccc4)nc(-c4ccccc4)n3)=C2)c2ccccc21. The predicted molar refractivity (Wildman–Crippen MR) is 183 cm³/mol. The highest BCUT2D eigenvalue weighted by atomic mass is 15.1. The van der Waals surface area contributed by atoms with E-state index in [0.717, 1.165) is 59.5 Å². The van der Waals surface area contributed by atoms with E-state index in [2.05, 4.69) is 95.6 Å². The van der Waals surface area contributed by atoms with E-state index in [0.29, 0.717) is 11.6 Å². The number of allylic oxidation sites excluding steroid dienone is 8. The third-order valence-electron chi connectivity index (χ3n) is 10.0. The van der Waals surface area contributed by atoms with Crippen LogP contribution in [0.2, 0.25) is 0 Å². The van der Waals surface area contributed by atoms with Crippen molar-refractivity contribution in [1.29, 1.82) is 0 Å². The Morgan fingerprint density at radius 3 is 2.04 bits per heavy atom. The first kappa shape index (κ1) is 25.6. The maximum atomic E-state index is 5.43. The van der Waals surface area contributed by atoms with Crippen molar-refractivity contribution in [3.05, 3.63) is 161 Å². The first-order valence-corrected chi connectivity index (χ1v) is 16.1. The minimum Gasteiger partial charge on any atom is -0.298 e. The minimum atomic E-state index is -0.486. The average molecular weight is 592 g/mol. The van der Waals surface area contributed by atoms with Crippen molar-refractivity contribution in [1.82, 2.24) is 24.5 Å². The van der Waals surface area contributed by atoms with Crippen molar-refractivity contribution >= 4 is 27.9 Å². The van der Waals surface area contributed by atoms with Gasteiger partial charge in [0.05, 0.1) is 11.0 Å². The normalized spacial score (nSPS) is 19.3. The van der Waals surface area contributed by atoms with Crippen LogP contribution in [0.5, 0.6) is 0 Å². The number of hydrogen-bond acceptors (Lipinski definition) is 4. The Bertz CT molecular complexity index is 2300. The van der Waals surface area contributed by atoms with Crippen LogP contribution in [0, 0.1) is 0 Å². The highest BCUT2D eigenvalue weighted by Crippen LogP contribution is 2.63. The Morgan fingerprint density at radius 1 is 0.587 bits per heavy atom. The van der Waals surface area contributed by atoms with Gasteiger partial charge in [-0.15, -0.1) is 0 Å². The molecular formula is C41H29N5. The fourth-order valence-electron chi connectivity index (χ4n) is 8.12. The van der Waals surface area contributed by atoms with E-state index in [4.69, 9.17) is 19.9 Å². The second kappa shape index (κ2) is 9.66. The molecule has 5 nitrogen and oxygen atoms in total. The summed E-state index contributed by atoms with van der Waals surface area (Å²) < 4.78 is 2.47. The van der Waals surface area contributed by atoms with Gasteiger partial charge in [-0.1, -0.05) is 115 Å². The van der Waals surface area contributed by atoms with Gasteiger partial charge in [0.2, 0.25) is 0 Å². The van der Waals surface area contributed by atoms with Crippen molar-refractivity contribution in [2.75, 3.05) is 0 Å². The van der Waals surface area contributed by atoms with Gasteiger partial charge in [-0.3, -0.25) is 4.57 Å². The topological polar surface area (TPSA) is 56.5 Å². The van der Waals surface area contributed by atoms with E-state index in [1.165, 1.54) is 39.1 Å². The molecule has 0 fully saturated rings. The first-order valence-electron chi connectivity index (χ1n) is 16.1. The number of imidazole rings is 1. The van der Waals surface area contributed by atoms with Gasteiger partial charge in [-0.05, 0) is 71.2 Å². The summed E-state index contributed by atoms with van der Waals surface area (Å²) in [5, 5.41) is 0. The summed E-state index contributed by atoms with van der Waals surface area (Å²) in [6.07, 6.45) is 10.9. The van der Waals surface area contributed by atoms with E-state index in [-0.39, 0.29) is 0 Å². The van der Waals surface area contributed by atoms with Gasteiger partial charge in [0.1, 0.15) is 11.2 Å². The fourth-order valence-corrected chi connectivity index (χ4v) is 8.12. The Hall–Kier alpha value is -5.68. The molecule has 5 heteroatoms. The average Bonchev–Trinajstić information content (AvgIpc) is 3.76. The summed E-state index contributed by atoms with van der Waals surface area (Å²) in [7, 11) is 0. The zero-order valence-electron chi connectivity index (χ0n) is 25.2. The maximum Gasteiger partial charge on any atom is 0.164 e. The molecule has 10 rings (SSSR count). The van der Waals surface area contributed by atoms with Crippen LogP contribution < -0.4 is 0 Å². The lowest BCUT2D eigenvalue weighted by Gasteiger charge is -2.31. The van der Waals surface area contributed by atoms with E-state index >= 15 is 0 Å². The Balaban J connectivity index is 1.23. The largest absolute Gasteiger partial charge is 0.298 e. The zero-order valence-corrected chi connectivity index (χ0v) is 25.2. The van der Waals surface area contributed by atoms with Crippen LogP contribution in [-0.4, -0.2) is 24.5 Å². The summed E-state index contributed by atoms with van der Waals surface area (Å²) in [6, 6.07) is 38.0. The maximum absolute atomic E-state index is 5.43. The van der Waals surface area contributed by atoms with Gasteiger partial charge < -0.3 is 0 Å². The molecule has 218 valence electrons. The van der Waals surface area contributed by atoms with Crippen LogP contribution in [0.15, 0.2) is 139 Å². The Kier molecular flexibility index (Phi) is 5.38. The van der Waals surface area contributed by atoms with Gasteiger partial charge in [-0.25, -0.2) is 19.9 Å². The lowest BCUT2D eigenvalue weighted by Crippen LogP contribution is -2.29. The molecule has 1 atom stereocenters. The number of nitrogens with zero attached hydrogens (tertiary/aromatic N) is 5. The molecular weight excluding hydrogens is 562 g/mol. The summed E-state index contributed by atoms with van der Waals surface area (Å²) in [5.74, 6) is 3.23. The lowest BCUT2D eigenvalue weighted by molar-refractivity contribution is 0.720. The summed E-state index contributed by atoms with van der Waals surface area (Å²) in [4.78, 5) is 20.6. The highest BCUT2D eigenvalue weighted by molar-refractivity contribution is 5.97. The molecule has 0 saturated carbocycles. The quantitative estimate of drug-likeness (QED) is 0.206. The summed E-state index contributed by atoms with van der Waals surface area (Å²) >= 11 is 0. The molecule has 1 aliphatic heterocycles. The molecule has 4 aromatic carbocycles. The summed E-state index contributed by atoms with van der Waals surface area (Å²) in [6.45, 7) is 0. The van der Waals surface area contributed by atoms with Crippen molar-refractivity contribution in [3.8, 4) is 22.8 Å². The van der Waals surface area contributed by atoms with Crippen LogP contribution in [-0.2, 0) is 5.41 Å². The van der Waals surface area contributed by atoms with Crippen LogP contribution in [0.25, 0.3) is 50.7 Å². The van der Waals surface area contributed by atoms with Gasteiger partial charge >= 0.3 is 0 Å². The van der Waals surface area contributed by atoms with Crippen molar-refractivity contribution in [3.63, 3.8) is 0 Å². The summed E-state index contributed by atoms with van der Waals surface area (Å²) in [5.41, 5.74) is 13.0. The third kappa shape index (κ3) is 3.45.